The van der Waals surface area contributed by atoms with Gasteiger partial charge in [0.25, 0.3) is 0 Å². The van der Waals surface area contributed by atoms with Crippen LogP contribution in [0.3, 0.4) is 0 Å². The maximum atomic E-state index is 12.1. The molecule has 2 nitrogen and oxygen atoms in total. The smallest absolute Gasteiger partial charge is 0.163 e. The van der Waals surface area contributed by atoms with E-state index < -0.39 is 0 Å². The number of fused-ring (bicyclic) bond motifs is 4. The van der Waals surface area contributed by atoms with Gasteiger partial charge in [0.1, 0.15) is 0 Å². The third-order valence-electron chi connectivity index (χ3n) is 8.34. The van der Waals surface area contributed by atoms with E-state index in [1.54, 1.807) is 0 Å². The molecule has 1 unspecified atom stereocenters. The summed E-state index contributed by atoms with van der Waals surface area (Å²) >= 11 is 3.44. The van der Waals surface area contributed by atoms with Crippen molar-refractivity contribution in [1.82, 2.24) is 0 Å². The topological polar surface area (TPSA) is 34.1 Å². The molecule has 8 rings (SSSR count). The highest BCUT2D eigenvalue weighted by atomic mass is 79.9. The van der Waals surface area contributed by atoms with Crippen molar-refractivity contribution in [3.8, 4) is 0 Å². The van der Waals surface area contributed by atoms with Crippen LogP contribution in [0.15, 0.2) is 133 Å². The zero-order valence-corrected chi connectivity index (χ0v) is 25.6. The van der Waals surface area contributed by atoms with Crippen LogP contribution in [-0.2, 0) is 18.2 Å². The van der Waals surface area contributed by atoms with Gasteiger partial charge in [-0.15, -0.1) is 0 Å². The summed E-state index contributed by atoms with van der Waals surface area (Å²) in [6, 6.07) is 45.8. The third-order valence-corrected chi connectivity index (χ3v) is 8.98. The van der Waals surface area contributed by atoms with E-state index in [2.05, 4.69) is 107 Å². The van der Waals surface area contributed by atoms with E-state index in [0.717, 1.165) is 29.3 Å². The highest BCUT2D eigenvalue weighted by molar-refractivity contribution is 9.08. The Hall–Kier alpha value is -4.34. The van der Waals surface area contributed by atoms with E-state index in [-0.39, 0.29) is 5.78 Å². The molecule has 2 aliphatic rings. The predicted octanol–water partition coefficient (Wildman–Crippen LogP) is 10.3. The van der Waals surface area contributed by atoms with Gasteiger partial charge in [-0.3, -0.25) is 9.59 Å². The molecule has 0 heterocycles. The second-order valence-electron chi connectivity index (χ2n) is 11.2. The van der Waals surface area contributed by atoms with Gasteiger partial charge < -0.3 is 0 Å². The molecular formula is C40H33BrO2. The van der Waals surface area contributed by atoms with Crippen LogP contribution in [0.5, 0.6) is 0 Å². The highest BCUT2D eigenvalue weighted by Gasteiger charge is 2.28. The molecule has 0 radical (unpaired) electrons. The van der Waals surface area contributed by atoms with Crippen LogP contribution in [0.25, 0.3) is 21.5 Å². The van der Waals surface area contributed by atoms with Gasteiger partial charge in [0, 0.05) is 29.3 Å². The summed E-state index contributed by atoms with van der Waals surface area (Å²) in [6.45, 7) is 0. The fourth-order valence-electron chi connectivity index (χ4n) is 6.10. The van der Waals surface area contributed by atoms with Gasteiger partial charge in [-0.25, -0.2) is 0 Å². The van der Waals surface area contributed by atoms with Crippen LogP contribution < -0.4 is 0 Å². The van der Waals surface area contributed by atoms with Crippen molar-refractivity contribution in [2.75, 3.05) is 0 Å². The minimum Gasteiger partial charge on any atom is -0.294 e. The Morgan fingerprint density at radius 2 is 1.09 bits per heavy atom. The molecule has 1 atom stereocenters. The van der Waals surface area contributed by atoms with E-state index in [0.29, 0.717) is 24.5 Å². The summed E-state index contributed by atoms with van der Waals surface area (Å²) in [6.07, 6.45) is 3.23. The first kappa shape index (κ1) is 28.8. The third kappa shape index (κ3) is 6.68. The monoisotopic (exact) mass is 624 g/mol. The number of halogens is 1. The number of carbonyl (C=O) groups excluding carboxylic acids is 2. The van der Waals surface area contributed by atoms with Crippen LogP contribution in [-0.4, -0.2) is 11.6 Å². The van der Waals surface area contributed by atoms with Crippen molar-refractivity contribution < 1.29 is 9.59 Å². The summed E-state index contributed by atoms with van der Waals surface area (Å²) < 4.78 is 0. The van der Waals surface area contributed by atoms with E-state index in [4.69, 9.17) is 0 Å². The van der Waals surface area contributed by atoms with Crippen molar-refractivity contribution in [3.63, 3.8) is 0 Å². The van der Waals surface area contributed by atoms with Crippen molar-refractivity contribution in [3.05, 3.63) is 167 Å². The standard InChI is InChI=1S/C20H16O.C11H9Br.C9H8O/c21-20-13-17(18-7-3-4-8-19(18)20)12-14-9-10-15-5-1-2-6-16(15)11-14;12-8-9-5-6-10-3-1-2-4-11(10)7-9;10-9-6-5-7-3-1-2-4-8(7)9/h1-11,17H,12-13H2;1-7H,8H2;1-4H,5-6H2. The molecule has 0 spiro atoms. The van der Waals surface area contributed by atoms with Gasteiger partial charge in [0.15, 0.2) is 11.6 Å². The van der Waals surface area contributed by atoms with Gasteiger partial charge >= 0.3 is 0 Å². The maximum absolute atomic E-state index is 12.1. The van der Waals surface area contributed by atoms with Gasteiger partial charge in [0.2, 0.25) is 0 Å². The van der Waals surface area contributed by atoms with Crippen molar-refractivity contribution in [1.29, 1.82) is 0 Å². The molecular weight excluding hydrogens is 592 g/mol. The van der Waals surface area contributed by atoms with Crippen LogP contribution in [0.2, 0.25) is 0 Å². The average Bonchev–Trinajstić information content (AvgIpc) is 3.60. The molecule has 0 N–H and O–H groups in total. The van der Waals surface area contributed by atoms with Gasteiger partial charge in [-0.2, -0.15) is 0 Å². The molecule has 0 bridgehead atoms. The molecule has 212 valence electrons. The van der Waals surface area contributed by atoms with Crippen molar-refractivity contribution in [2.24, 2.45) is 0 Å². The summed E-state index contributed by atoms with van der Waals surface area (Å²) in [5.74, 6) is 0.918. The lowest BCUT2D eigenvalue weighted by Crippen LogP contribution is -1.99. The van der Waals surface area contributed by atoms with Crippen LogP contribution >= 0.6 is 15.9 Å². The van der Waals surface area contributed by atoms with Gasteiger partial charge in [0.05, 0.1) is 0 Å². The Kier molecular flexibility index (Phi) is 8.91. The number of rotatable bonds is 3. The molecule has 43 heavy (non-hydrogen) atoms. The predicted molar refractivity (Wildman–Crippen MR) is 181 cm³/mol. The van der Waals surface area contributed by atoms with Gasteiger partial charge in [-0.1, -0.05) is 149 Å². The van der Waals surface area contributed by atoms with Gasteiger partial charge in [-0.05, 0) is 62.6 Å². The average molecular weight is 626 g/mol. The molecule has 0 saturated carbocycles. The van der Waals surface area contributed by atoms with Crippen molar-refractivity contribution >= 4 is 49.0 Å². The Bertz CT molecular complexity index is 1920. The maximum Gasteiger partial charge on any atom is 0.163 e. The zero-order valence-electron chi connectivity index (χ0n) is 24.0. The lowest BCUT2D eigenvalue weighted by Gasteiger charge is -2.11. The molecule has 0 saturated heterocycles. The first-order valence-electron chi connectivity index (χ1n) is 14.8. The first-order valence-corrected chi connectivity index (χ1v) is 16.0. The molecule has 3 heteroatoms. The Labute approximate surface area is 261 Å². The number of benzene rings is 6. The summed E-state index contributed by atoms with van der Waals surface area (Å²) in [5, 5.41) is 6.09. The normalized spacial score (nSPS) is 14.9. The number of hydrogen-bond donors (Lipinski definition) is 0. The minimum atomic E-state index is 0.288. The highest BCUT2D eigenvalue weighted by Crippen LogP contribution is 2.35. The second kappa shape index (κ2) is 13.3. The number of alkyl halides is 1. The minimum absolute atomic E-state index is 0.288. The zero-order chi connectivity index (χ0) is 29.6. The second-order valence-corrected chi connectivity index (χ2v) is 11.8. The molecule has 6 aromatic carbocycles. The lowest BCUT2D eigenvalue weighted by atomic mass is 9.92. The molecule has 0 amide bonds. The Morgan fingerprint density at radius 3 is 1.77 bits per heavy atom. The summed E-state index contributed by atoms with van der Waals surface area (Å²) in [7, 11) is 0. The number of carbonyl (C=O) groups is 2. The van der Waals surface area contributed by atoms with E-state index in [1.807, 2.05) is 42.5 Å². The Balaban J connectivity index is 0.000000126. The largest absolute Gasteiger partial charge is 0.294 e. The van der Waals surface area contributed by atoms with E-state index in [9.17, 15) is 9.59 Å². The SMILES string of the molecule is BrCc1ccc2ccccc2c1.O=C1CC(Cc2ccc3ccccc3c2)c2ccccc21.O=C1CCc2ccccc21. The van der Waals surface area contributed by atoms with E-state index >= 15 is 0 Å². The number of ketones is 2. The van der Waals surface area contributed by atoms with Crippen molar-refractivity contribution in [2.45, 2.75) is 36.9 Å². The fraction of sp³-hybridized carbons (Fsp3) is 0.150. The molecule has 0 aliphatic heterocycles. The van der Waals surface area contributed by atoms with Crippen LogP contribution in [0.4, 0.5) is 0 Å². The number of Topliss-reactive ketones (excluding diaryl/α,β-unsaturated/α-hetero) is 2. The lowest BCUT2D eigenvalue weighted by molar-refractivity contribution is 0.0983. The van der Waals surface area contributed by atoms with Crippen LogP contribution in [0, 0.1) is 0 Å². The fourth-order valence-corrected chi connectivity index (χ4v) is 6.45. The summed E-state index contributed by atoms with van der Waals surface area (Å²) in [5.41, 5.74) is 6.92. The first-order chi connectivity index (χ1) is 21.1. The molecule has 6 aromatic rings. The van der Waals surface area contributed by atoms with Crippen LogP contribution in [0.1, 0.15) is 61.7 Å². The number of aryl methyl sites for hydroxylation is 1. The Morgan fingerprint density at radius 1 is 0.535 bits per heavy atom. The summed E-state index contributed by atoms with van der Waals surface area (Å²) in [4.78, 5) is 23.1. The number of hydrogen-bond acceptors (Lipinski definition) is 2. The van der Waals surface area contributed by atoms with E-state index in [1.165, 1.54) is 43.8 Å². The molecule has 2 aliphatic carbocycles. The molecule has 0 fully saturated rings. The quantitative estimate of drug-likeness (QED) is 0.184. The molecule has 0 aromatic heterocycles.